The number of hydrogen-bond donors (Lipinski definition) is 0. The van der Waals surface area contributed by atoms with E-state index in [1.807, 2.05) is 0 Å². The number of nitrogens with zero attached hydrogens (tertiary/aromatic N) is 2. The number of carbonyl (C=O) groups excluding carboxylic acids is 1. The molecular formula is C16H19F3N2O3S. The second-order valence-electron chi connectivity index (χ2n) is 6.46. The van der Waals surface area contributed by atoms with E-state index in [2.05, 4.69) is 4.90 Å². The Morgan fingerprint density at radius 2 is 1.80 bits per heavy atom. The van der Waals surface area contributed by atoms with Crippen molar-refractivity contribution >= 4 is 15.7 Å². The molecule has 9 heteroatoms. The molecule has 0 spiro atoms. The van der Waals surface area contributed by atoms with Gasteiger partial charge in [-0.25, -0.2) is 8.42 Å². The van der Waals surface area contributed by atoms with E-state index in [0.717, 1.165) is 12.1 Å². The largest absolute Gasteiger partial charge is 0.416 e. The van der Waals surface area contributed by atoms with Crippen LogP contribution < -0.4 is 0 Å². The number of benzene rings is 1. The Morgan fingerprint density at radius 3 is 2.36 bits per heavy atom. The fourth-order valence-electron chi connectivity index (χ4n) is 3.36. The molecule has 0 aliphatic carbocycles. The third-order valence-electron chi connectivity index (χ3n) is 4.76. The van der Waals surface area contributed by atoms with Crippen molar-refractivity contribution in [2.24, 2.45) is 0 Å². The maximum atomic E-state index is 12.8. The van der Waals surface area contributed by atoms with Crippen molar-refractivity contribution in [2.75, 3.05) is 37.7 Å². The molecule has 0 saturated carbocycles. The van der Waals surface area contributed by atoms with Crippen LogP contribution in [-0.4, -0.2) is 67.9 Å². The van der Waals surface area contributed by atoms with Crippen molar-refractivity contribution in [3.63, 3.8) is 0 Å². The van der Waals surface area contributed by atoms with Gasteiger partial charge in [-0.15, -0.1) is 0 Å². The van der Waals surface area contributed by atoms with Crippen LogP contribution in [0.3, 0.4) is 0 Å². The Bertz CT molecular complexity index is 756. The molecule has 2 saturated heterocycles. The van der Waals surface area contributed by atoms with Crippen molar-refractivity contribution < 1.29 is 26.4 Å². The first-order valence-electron chi connectivity index (χ1n) is 8.07. The Kier molecular flexibility index (Phi) is 4.80. The topological polar surface area (TPSA) is 57.7 Å². The van der Waals surface area contributed by atoms with E-state index < -0.39 is 27.5 Å². The van der Waals surface area contributed by atoms with Crippen molar-refractivity contribution in [2.45, 2.75) is 18.6 Å². The lowest BCUT2D eigenvalue weighted by atomic mass is 10.1. The van der Waals surface area contributed by atoms with E-state index in [9.17, 15) is 26.4 Å². The lowest BCUT2D eigenvalue weighted by Gasteiger charge is -2.37. The smallest absolute Gasteiger partial charge is 0.336 e. The first-order chi connectivity index (χ1) is 11.7. The van der Waals surface area contributed by atoms with E-state index in [1.165, 1.54) is 17.0 Å². The number of carbonyl (C=O) groups is 1. The first-order valence-corrected chi connectivity index (χ1v) is 9.89. The van der Waals surface area contributed by atoms with E-state index in [4.69, 9.17) is 0 Å². The van der Waals surface area contributed by atoms with Crippen molar-refractivity contribution in [3.05, 3.63) is 35.4 Å². The van der Waals surface area contributed by atoms with Crippen molar-refractivity contribution in [3.8, 4) is 0 Å². The molecule has 0 aromatic heterocycles. The zero-order valence-electron chi connectivity index (χ0n) is 13.5. The Morgan fingerprint density at radius 1 is 1.12 bits per heavy atom. The second-order valence-corrected chi connectivity index (χ2v) is 8.69. The van der Waals surface area contributed by atoms with Crippen LogP contribution in [0.25, 0.3) is 0 Å². The molecule has 138 valence electrons. The average Bonchev–Trinajstić information content (AvgIpc) is 2.94. The van der Waals surface area contributed by atoms with Crippen molar-refractivity contribution in [1.82, 2.24) is 9.80 Å². The fourth-order valence-corrected chi connectivity index (χ4v) is 5.13. The summed E-state index contributed by atoms with van der Waals surface area (Å²) in [5.74, 6) is -0.0832. The SMILES string of the molecule is O=C(c1cccc(C(F)(F)F)c1)N1CCN(C2CCS(=O)(=O)C2)CC1. The molecule has 5 nitrogen and oxygen atoms in total. The minimum atomic E-state index is -4.48. The maximum absolute atomic E-state index is 12.8. The van der Waals surface area contributed by atoms with Gasteiger partial charge in [0.1, 0.15) is 0 Å². The molecule has 1 aromatic carbocycles. The number of piperazine rings is 1. The maximum Gasteiger partial charge on any atom is 0.416 e. The average molecular weight is 376 g/mol. The zero-order valence-corrected chi connectivity index (χ0v) is 14.3. The van der Waals surface area contributed by atoms with Gasteiger partial charge in [0.2, 0.25) is 0 Å². The normalized spacial score (nSPS) is 24.4. The van der Waals surface area contributed by atoms with E-state index >= 15 is 0 Å². The van der Waals surface area contributed by atoms with Crippen LogP contribution >= 0.6 is 0 Å². The molecule has 0 radical (unpaired) electrons. The monoisotopic (exact) mass is 376 g/mol. The summed E-state index contributed by atoms with van der Waals surface area (Å²) in [7, 11) is -2.97. The van der Waals surface area contributed by atoms with Crippen LogP contribution in [0.5, 0.6) is 0 Å². The van der Waals surface area contributed by atoms with Crippen LogP contribution in [-0.2, 0) is 16.0 Å². The highest BCUT2D eigenvalue weighted by Crippen LogP contribution is 2.30. The highest BCUT2D eigenvalue weighted by Gasteiger charge is 2.35. The van der Waals surface area contributed by atoms with E-state index in [1.54, 1.807) is 0 Å². The van der Waals surface area contributed by atoms with Gasteiger partial charge in [0.25, 0.3) is 5.91 Å². The number of alkyl halides is 3. The first kappa shape index (κ1) is 18.2. The standard InChI is InChI=1S/C16H19F3N2O3S/c17-16(18,19)13-3-1-2-12(10-13)15(22)21-7-5-20(6-8-21)14-4-9-25(23,24)11-14/h1-3,10,14H,4-9,11H2. The quantitative estimate of drug-likeness (QED) is 0.788. The lowest BCUT2D eigenvalue weighted by Crippen LogP contribution is -2.52. The summed E-state index contributed by atoms with van der Waals surface area (Å²) in [6, 6.07) is 4.41. The van der Waals surface area contributed by atoms with Gasteiger partial charge in [0.05, 0.1) is 17.1 Å². The van der Waals surface area contributed by atoms with Gasteiger partial charge in [-0.3, -0.25) is 9.69 Å². The number of hydrogen-bond acceptors (Lipinski definition) is 4. The summed E-state index contributed by atoms with van der Waals surface area (Å²) in [5, 5.41) is 0. The third kappa shape index (κ3) is 4.14. The summed E-state index contributed by atoms with van der Waals surface area (Å²) >= 11 is 0. The van der Waals surface area contributed by atoms with E-state index in [-0.39, 0.29) is 23.1 Å². The molecule has 1 unspecified atom stereocenters. The predicted molar refractivity (Wildman–Crippen MR) is 86.0 cm³/mol. The predicted octanol–water partition coefficient (Wildman–Crippen LogP) is 1.65. The molecule has 0 N–H and O–H groups in total. The van der Waals surface area contributed by atoms with Crippen LogP contribution in [0, 0.1) is 0 Å². The minimum absolute atomic E-state index is 0.0178. The van der Waals surface area contributed by atoms with Crippen LogP contribution in [0.4, 0.5) is 13.2 Å². The van der Waals surface area contributed by atoms with Gasteiger partial charge >= 0.3 is 6.18 Å². The van der Waals surface area contributed by atoms with Gasteiger partial charge < -0.3 is 4.90 Å². The van der Waals surface area contributed by atoms with Gasteiger partial charge in [-0.1, -0.05) is 6.07 Å². The molecule has 1 amide bonds. The molecule has 2 aliphatic heterocycles. The molecule has 25 heavy (non-hydrogen) atoms. The van der Waals surface area contributed by atoms with Gasteiger partial charge in [-0.05, 0) is 24.6 Å². The van der Waals surface area contributed by atoms with Crippen LogP contribution in [0.15, 0.2) is 24.3 Å². The summed E-state index contributed by atoms with van der Waals surface area (Å²) in [5.41, 5.74) is -0.820. The van der Waals surface area contributed by atoms with E-state index in [0.29, 0.717) is 32.6 Å². The molecule has 2 aliphatic rings. The molecule has 0 bridgehead atoms. The summed E-state index contributed by atoms with van der Waals surface area (Å²) < 4.78 is 61.5. The summed E-state index contributed by atoms with van der Waals surface area (Å²) in [6.07, 6.45) is -3.88. The number of sulfone groups is 1. The lowest BCUT2D eigenvalue weighted by molar-refractivity contribution is -0.137. The van der Waals surface area contributed by atoms with Gasteiger partial charge in [0, 0.05) is 37.8 Å². The van der Waals surface area contributed by atoms with Gasteiger partial charge in [-0.2, -0.15) is 13.2 Å². The highest BCUT2D eigenvalue weighted by atomic mass is 32.2. The zero-order chi connectivity index (χ0) is 18.2. The third-order valence-corrected chi connectivity index (χ3v) is 6.51. The minimum Gasteiger partial charge on any atom is -0.336 e. The number of rotatable bonds is 2. The molecule has 1 aromatic rings. The molecule has 2 heterocycles. The number of halogens is 3. The Balaban J connectivity index is 1.62. The second kappa shape index (κ2) is 6.60. The summed E-state index contributed by atoms with van der Waals surface area (Å²) in [4.78, 5) is 16.0. The van der Waals surface area contributed by atoms with Crippen molar-refractivity contribution in [1.29, 1.82) is 0 Å². The molecule has 2 fully saturated rings. The molecular weight excluding hydrogens is 357 g/mol. The fraction of sp³-hybridized carbons (Fsp3) is 0.562. The Labute approximate surface area is 144 Å². The summed E-state index contributed by atoms with van der Waals surface area (Å²) in [6.45, 7) is 1.83. The van der Waals surface area contributed by atoms with Gasteiger partial charge in [0.15, 0.2) is 9.84 Å². The molecule has 1 atom stereocenters. The number of amides is 1. The van der Waals surface area contributed by atoms with Crippen LogP contribution in [0.1, 0.15) is 22.3 Å². The molecule has 3 rings (SSSR count). The Hall–Kier alpha value is -1.61. The highest BCUT2D eigenvalue weighted by molar-refractivity contribution is 7.91. The van der Waals surface area contributed by atoms with Crippen LogP contribution in [0.2, 0.25) is 0 Å².